The molecule has 0 aliphatic heterocycles. The number of aromatic amines is 1. The molecule has 1 aromatic carbocycles. The lowest BCUT2D eigenvalue weighted by atomic mass is 10.0. The van der Waals surface area contributed by atoms with Gasteiger partial charge in [-0.25, -0.2) is 14.8 Å². The zero-order valence-corrected chi connectivity index (χ0v) is 15.3. The van der Waals surface area contributed by atoms with Gasteiger partial charge in [0.15, 0.2) is 11.7 Å². The first kappa shape index (κ1) is 16.8. The summed E-state index contributed by atoms with van der Waals surface area (Å²) in [5.41, 5.74) is 4.11. The molecule has 3 aromatic heterocycles. The predicted octanol–water partition coefficient (Wildman–Crippen LogP) is 4.29. The monoisotopic (exact) mass is 361 g/mol. The number of nitrogens with zero attached hydrogens (tertiary/aromatic N) is 3. The van der Waals surface area contributed by atoms with Gasteiger partial charge in [-0.1, -0.05) is 12.1 Å². The van der Waals surface area contributed by atoms with Gasteiger partial charge in [0.05, 0.1) is 0 Å². The molecule has 0 saturated carbocycles. The maximum absolute atomic E-state index is 11.8. The van der Waals surface area contributed by atoms with E-state index in [4.69, 9.17) is 4.42 Å². The van der Waals surface area contributed by atoms with Gasteiger partial charge in [-0.15, -0.1) is 0 Å². The van der Waals surface area contributed by atoms with Crippen LogP contribution in [0.3, 0.4) is 0 Å². The molecule has 0 unspecified atom stereocenters. The van der Waals surface area contributed by atoms with Crippen molar-refractivity contribution in [3.63, 3.8) is 0 Å². The van der Waals surface area contributed by atoms with Crippen molar-refractivity contribution in [2.24, 2.45) is 0 Å². The first-order valence-electron chi connectivity index (χ1n) is 8.51. The number of carbonyl (C=O) groups is 1. The second-order valence-electron chi connectivity index (χ2n) is 6.41. The van der Waals surface area contributed by atoms with E-state index in [1.54, 1.807) is 20.3 Å². The third-order valence-electron chi connectivity index (χ3n) is 4.25. The molecule has 27 heavy (non-hydrogen) atoms. The molecule has 2 N–H and O–H groups in total. The fraction of sp³-hybridized carbons (Fsp3) is 0.150. The highest BCUT2D eigenvalue weighted by Crippen LogP contribution is 2.36. The normalized spacial score (nSPS) is 10.9. The van der Waals surface area contributed by atoms with E-state index in [0.29, 0.717) is 11.7 Å². The van der Waals surface area contributed by atoms with Crippen molar-refractivity contribution in [3.05, 3.63) is 54.7 Å². The molecule has 4 rings (SSSR count). The molecule has 7 heteroatoms. The topological polar surface area (TPSA) is 87.0 Å². The largest absolute Gasteiger partial charge is 0.440 e. The molecule has 0 bridgehead atoms. The van der Waals surface area contributed by atoms with E-state index in [-0.39, 0.29) is 6.03 Å². The summed E-state index contributed by atoms with van der Waals surface area (Å²) in [6.45, 7) is 1.83. The Labute approximate surface area is 156 Å². The Morgan fingerprint density at radius 3 is 2.67 bits per heavy atom. The Hall–Kier alpha value is -3.61. The van der Waals surface area contributed by atoms with Crippen LogP contribution in [0.5, 0.6) is 0 Å². The summed E-state index contributed by atoms with van der Waals surface area (Å²) < 4.78 is 5.93. The van der Waals surface area contributed by atoms with Crippen LogP contribution in [-0.2, 0) is 0 Å². The SMILES string of the molecule is Cc1nc(-c2ccc(NC(=O)N(C)C)cc2)c(-c2ccnc3[nH]ccc23)o1. The van der Waals surface area contributed by atoms with Crippen molar-refractivity contribution in [1.82, 2.24) is 19.9 Å². The number of pyridine rings is 1. The van der Waals surface area contributed by atoms with Crippen LogP contribution < -0.4 is 5.32 Å². The van der Waals surface area contributed by atoms with E-state index in [1.165, 1.54) is 4.90 Å². The molecular formula is C20H19N5O2. The molecule has 0 fully saturated rings. The molecule has 0 radical (unpaired) electrons. The Morgan fingerprint density at radius 2 is 1.93 bits per heavy atom. The second kappa shape index (κ2) is 6.60. The van der Waals surface area contributed by atoms with Gasteiger partial charge >= 0.3 is 6.03 Å². The number of rotatable bonds is 3. The molecule has 0 saturated heterocycles. The Morgan fingerprint density at radius 1 is 1.15 bits per heavy atom. The van der Waals surface area contributed by atoms with E-state index in [1.807, 2.05) is 49.5 Å². The number of aryl methyl sites for hydroxylation is 1. The summed E-state index contributed by atoms with van der Waals surface area (Å²) in [4.78, 5) is 25.3. The minimum absolute atomic E-state index is 0.174. The average Bonchev–Trinajstić information content (AvgIpc) is 3.28. The Balaban J connectivity index is 1.73. The van der Waals surface area contributed by atoms with Crippen molar-refractivity contribution in [2.75, 3.05) is 19.4 Å². The number of urea groups is 1. The van der Waals surface area contributed by atoms with Crippen LogP contribution in [-0.4, -0.2) is 40.0 Å². The summed E-state index contributed by atoms with van der Waals surface area (Å²) in [6.07, 6.45) is 3.60. The van der Waals surface area contributed by atoms with Crippen LogP contribution in [0, 0.1) is 6.92 Å². The van der Waals surface area contributed by atoms with Crippen molar-refractivity contribution in [1.29, 1.82) is 0 Å². The van der Waals surface area contributed by atoms with Crippen LogP contribution in [0.25, 0.3) is 33.6 Å². The Kier molecular flexibility index (Phi) is 4.12. The van der Waals surface area contributed by atoms with Crippen LogP contribution in [0.2, 0.25) is 0 Å². The number of hydrogen-bond donors (Lipinski definition) is 2. The Bertz CT molecular complexity index is 1110. The van der Waals surface area contributed by atoms with Gasteiger partial charge in [-0.3, -0.25) is 0 Å². The predicted molar refractivity (Wildman–Crippen MR) is 104 cm³/mol. The number of benzene rings is 1. The minimum atomic E-state index is -0.174. The fourth-order valence-electron chi connectivity index (χ4n) is 2.91. The van der Waals surface area contributed by atoms with Crippen molar-refractivity contribution < 1.29 is 9.21 Å². The van der Waals surface area contributed by atoms with Gasteiger partial charge in [-0.05, 0) is 24.3 Å². The molecule has 4 aromatic rings. The minimum Gasteiger partial charge on any atom is -0.440 e. The first-order valence-corrected chi connectivity index (χ1v) is 8.51. The molecule has 0 atom stereocenters. The van der Waals surface area contributed by atoms with Crippen LogP contribution in [0.15, 0.2) is 53.2 Å². The zero-order chi connectivity index (χ0) is 19.0. The highest BCUT2D eigenvalue weighted by Gasteiger charge is 2.18. The first-order chi connectivity index (χ1) is 13.0. The van der Waals surface area contributed by atoms with Crippen molar-refractivity contribution in [3.8, 4) is 22.6 Å². The molecule has 7 nitrogen and oxygen atoms in total. The van der Waals surface area contributed by atoms with Gasteiger partial charge in [0, 0.05) is 55.6 Å². The highest BCUT2D eigenvalue weighted by atomic mass is 16.4. The molecule has 0 aliphatic rings. The average molecular weight is 361 g/mol. The van der Waals surface area contributed by atoms with Gasteiger partial charge in [0.25, 0.3) is 0 Å². The lowest BCUT2D eigenvalue weighted by molar-refractivity contribution is 0.230. The standard InChI is InChI=1S/C20H19N5O2/c1-12-23-17(13-4-6-14(7-5-13)24-20(26)25(2)3)18(27-12)15-8-10-21-19-16(15)9-11-22-19/h4-11H,1-3H3,(H,21,22)(H,24,26). The summed E-state index contributed by atoms with van der Waals surface area (Å²) in [6, 6.07) is 11.3. The van der Waals surface area contributed by atoms with Crippen molar-refractivity contribution >= 4 is 22.8 Å². The van der Waals surface area contributed by atoms with E-state index in [9.17, 15) is 4.79 Å². The number of anilines is 1. The van der Waals surface area contributed by atoms with Gasteiger partial charge in [0.2, 0.25) is 0 Å². The summed E-state index contributed by atoms with van der Waals surface area (Å²) >= 11 is 0. The fourth-order valence-corrected chi connectivity index (χ4v) is 2.91. The third kappa shape index (κ3) is 3.15. The number of oxazole rings is 1. The van der Waals surface area contributed by atoms with Gasteiger partial charge in [-0.2, -0.15) is 0 Å². The lowest BCUT2D eigenvalue weighted by Crippen LogP contribution is -2.27. The number of nitrogens with one attached hydrogen (secondary N) is 2. The maximum Gasteiger partial charge on any atom is 0.321 e. The molecular weight excluding hydrogens is 342 g/mol. The second-order valence-corrected chi connectivity index (χ2v) is 6.41. The van der Waals surface area contributed by atoms with Crippen LogP contribution in [0.4, 0.5) is 10.5 Å². The van der Waals surface area contributed by atoms with Crippen molar-refractivity contribution in [2.45, 2.75) is 6.92 Å². The zero-order valence-electron chi connectivity index (χ0n) is 15.3. The third-order valence-corrected chi connectivity index (χ3v) is 4.25. The number of hydrogen-bond acceptors (Lipinski definition) is 4. The van der Waals surface area contributed by atoms with E-state index in [2.05, 4.69) is 20.3 Å². The number of amides is 2. The van der Waals surface area contributed by atoms with Crippen LogP contribution in [0.1, 0.15) is 5.89 Å². The highest BCUT2D eigenvalue weighted by molar-refractivity contribution is 5.95. The summed E-state index contributed by atoms with van der Waals surface area (Å²) in [5.74, 6) is 1.29. The van der Waals surface area contributed by atoms with Gasteiger partial charge in [0.1, 0.15) is 11.3 Å². The molecule has 0 aliphatic carbocycles. The lowest BCUT2D eigenvalue weighted by Gasteiger charge is -2.12. The van der Waals surface area contributed by atoms with E-state index < -0.39 is 0 Å². The number of H-pyrrole nitrogens is 1. The summed E-state index contributed by atoms with van der Waals surface area (Å²) in [7, 11) is 3.40. The molecule has 136 valence electrons. The number of carbonyl (C=O) groups excluding carboxylic acids is 1. The van der Waals surface area contributed by atoms with E-state index in [0.717, 1.165) is 33.5 Å². The maximum atomic E-state index is 11.8. The van der Waals surface area contributed by atoms with Crippen LogP contribution >= 0.6 is 0 Å². The van der Waals surface area contributed by atoms with E-state index >= 15 is 0 Å². The smallest absolute Gasteiger partial charge is 0.321 e. The number of fused-ring (bicyclic) bond motifs is 1. The summed E-state index contributed by atoms with van der Waals surface area (Å²) in [5, 5.41) is 3.80. The van der Waals surface area contributed by atoms with Gasteiger partial charge < -0.3 is 19.6 Å². The molecule has 3 heterocycles. The molecule has 0 spiro atoms. The molecule has 2 amide bonds. The number of aromatic nitrogens is 3. The quantitative estimate of drug-likeness (QED) is 0.570.